The van der Waals surface area contributed by atoms with Gasteiger partial charge in [0.15, 0.2) is 11.4 Å². The number of halogens is 2. The summed E-state index contributed by atoms with van der Waals surface area (Å²) in [4.78, 5) is 33.1. The van der Waals surface area contributed by atoms with Crippen LogP contribution < -0.4 is 24.3 Å². The largest absolute Gasteiger partial charge is 0.485 e. The molecule has 0 aliphatic carbocycles. The fourth-order valence-electron chi connectivity index (χ4n) is 5.44. The highest BCUT2D eigenvalue weighted by molar-refractivity contribution is 6.03. The Kier molecular flexibility index (Phi) is 12.7. The lowest BCUT2D eigenvalue weighted by Gasteiger charge is -2.27. The number of nitrogens with one attached hydrogen (secondary N) is 1. The van der Waals surface area contributed by atoms with Crippen LogP contribution in [0.2, 0.25) is 0 Å². The fraction of sp³-hybridized carbons (Fsp3) is 0.368. The number of esters is 1. The number of carbonyl (C=O) groups excluding carboxylic acids is 2. The van der Waals surface area contributed by atoms with Crippen molar-refractivity contribution < 1.29 is 51.5 Å². The van der Waals surface area contributed by atoms with Gasteiger partial charge in [0, 0.05) is 38.6 Å². The number of aromatic nitrogens is 6. The molecule has 4 aromatic heterocycles. The van der Waals surface area contributed by atoms with Crippen LogP contribution in [0.4, 0.5) is 14.5 Å². The summed E-state index contributed by atoms with van der Waals surface area (Å²) >= 11 is 0. The van der Waals surface area contributed by atoms with Crippen molar-refractivity contribution in [3.05, 3.63) is 77.9 Å². The van der Waals surface area contributed by atoms with Gasteiger partial charge in [0.05, 0.1) is 68.8 Å². The highest BCUT2D eigenvalue weighted by Crippen LogP contribution is 2.35. The molecule has 0 spiro atoms. The SMILES string of the molecule is CCOC(=O)c1cc(-c2cnc(OCC)cc2OC2COC2)n(C)n1.CCOc1cc(OC2COC2)c(-c2cc(C(=O)Nc3c(F)cccc3F)nn2C)cn1. The van der Waals surface area contributed by atoms with Crippen molar-refractivity contribution in [3.8, 4) is 45.8 Å². The molecule has 2 saturated heterocycles. The first-order chi connectivity index (χ1) is 27.1. The summed E-state index contributed by atoms with van der Waals surface area (Å²) in [6.45, 7) is 8.78. The number of anilines is 1. The summed E-state index contributed by atoms with van der Waals surface area (Å²) in [7, 11) is 3.40. The molecule has 0 radical (unpaired) electrons. The number of aryl methyl sites for hydroxylation is 2. The third-order valence-corrected chi connectivity index (χ3v) is 8.30. The van der Waals surface area contributed by atoms with E-state index in [4.69, 9.17) is 33.2 Å². The van der Waals surface area contributed by atoms with Crippen LogP contribution in [0.25, 0.3) is 22.5 Å². The van der Waals surface area contributed by atoms with Crippen molar-refractivity contribution in [2.75, 3.05) is 51.6 Å². The van der Waals surface area contributed by atoms with E-state index in [0.29, 0.717) is 86.5 Å². The number of hydrogen-bond donors (Lipinski definition) is 1. The first kappa shape index (κ1) is 39.6. The van der Waals surface area contributed by atoms with E-state index in [0.717, 1.165) is 17.7 Å². The topological polar surface area (TPSA) is 172 Å². The van der Waals surface area contributed by atoms with Crippen LogP contribution in [0.1, 0.15) is 41.7 Å². The van der Waals surface area contributed by atoms with Crippen LogP contribution in [0.15, 0.2) is 54.9 Å². The molecule has 1 aromatic carbocycles. The van der Waals surface area contributed by atoms with Crippen molar-refractivity contribution in [2.45, 2.75) is 33.0 Å². The zero-order valence-electron chi connectivity index (χ0n) is 31.4. The van der Waals surface area contributed by atoms with Crippen LogP contribution in [-0.2, 0) is 28.3 Å². The fourth-order valence-corrected chi connectivity index (χ4v) is 5.44. The Bertz CT molecular complexity index is 2150. The monoisotopic (exact) mass is 777 g/mol. The first-order valence-electron chi connectivity index (χ1n) is 17.8. The Hall–Kier alpha value is -6.14. The Morgan fingerprint density at radius 2 is 1.23 bits per heavy atom. The summed E-state index contributed by atoms with van der Waals surface area (Å²) < 4.78 is 69.0. The number of carbonyl (C=O) groups is 2. The summed E-state index contributed by atoms with van der Waals surface area (Å²) in [5.41, 5.74) is 2.23. The molecule has 0 unspecified atom stereocenters. The number of pyridine rings is 2. The lowest BCUT2D eigenvalue weighted by atomic mass is 10.1. The van der Waals surface area contributed by atoms with Gasteiger partial charge in [0.25, 0.3) is 5.91 Å². The second kappa shape index (κ2) is 18.0. The Morgan fingerprint density at radius 1 is 0.750 bits per heavy atom. The van der Waals surface area contributed by atoms with Gasteiger partial charge in [-0.15, -0.1) is 0 Å². The van der Waals surface area contributed by atoms with E-state index < -0.39 is 29.2 Å². The molecule has 2 fully saturated rings. The van der Waals surface area contributed by atoms with Crippen LogP contribution in [0.3, 0.4) is 0 Å². The molecule has 2 aliphatic heterocycles. The zero-order valence-corrected chi connectivity index (χ0v) is 31.4. The van der Waals surface area contributed by atoms with E-state index in [1.165, 1.54) is 16.8 Å². The second-order valence-electron chi connectivity index (χ2n) is 12.3. The van der Waals surface area contributed by atoms with E-state index >= 15 is 0 Å². The standard InChI is InChI=1S/C21H20F2N4O4.C17H21N3O5/c1-3-30-19-8-18(31-12-10-29-11-12)13(9-24-19)17-7-16(26-27(17)2)21(28)25-20-14(22)5-4-6-15(20)23;1-4-23-16-7-15(25-11-9-22-10-11)12(8-18-16)14-6-13(19-20(14)3)17(21)24-5-2/h4-9,12H,3,10-11H2,1-2H3,(H,25,28);6-8,11H,4-5,9-10H2,1-3H3. The molecule has 56 heavy (non-hydrogen) atoms. The molecular formula is C38H41F2N7O9. The van der Waals surface area contributed by atoms with E-state index in [1.807, 2.05) is 13.8 Å². The normalized spacial score (nSPS) is 13.8. The van der Waals surface area contributed by atoms with Gasteiger partial charge < -0.3 is 38.5 Å². The summed E-state index contributed by atoms with van der Waals surface area (Å²) in [6, 6.07) is 9.90. The smallest absolute Gasteiger partial charge is 0.358 e. The van der Waals surface area contributed by atoms with Gasteiger partial charge in [-0.25, -0.2) is 23.5 Å². The maximum absolute atomic E-state index is 13.9. The zero-order chi connectivity index (χ0) is 39.8. The average Bonchev–Trinajstić information content (AvgIpc) is 3.73. The quantitative estimate of drug-likeness (QED) is 0.149. The molecule has 16 nitrogen and oxygen atoms in total. The predicted octanol–water partition coefficient (Wildman–Crippen LogP) is 5.02. The highest BCUT2D eigenvalue weighted by atomic mass is 19.1. The molecule has 6 heterocycles. The van der Waals surface area contributed by atoms with Crippen LogP contribution in [0.5, 0.6) is 23.3 Å². The van der Waals surface area contributed by atoms with Crippen molar-refractivity contribution in [3.63, 3.8) is 0 Å². The van der Waals surface area contributed by atoms with Crippen molar-refractivity contribution >= 4 is 17.6 Å². The van der Waals surface area contributed by atoms with Gasteiger partial charge in [-0.2, -0.15) is 10.2 Å². The van der Waals surface area contributed by atoms with Gasteiger partial charge in [-0.05, 0) is 45.0 Å². The van der Waals surface area contributed by atoms with Crippen LogP contribution in [-0.4, -0.2) is 99.9 Å². The molecule has 0 saturated carbocycles. The predicted molar refractivity (Wildman–Crippen MR) is 196 cm³/mol. The number of nitrogens with zero attached hydrogens (tertiary/aromatic N) is 6. The van der Waals surface area contributed by atoms with Crippen molar-refractivity contribution in [1.82, 2.24) is 29.5 Å². The number of para-hydroxylation sites is 1. The van der Waals surface area contributed by atoms with Crippen LogP contribution >= 0.6 is 0 Å². The summed E-state index contributed by atoms with van der Waals surface area (Å²) in [5.74, 6) is -0.965. The maximum Gasteiger partial charge on any atom is 0.358 e. The van der Waals surface area contributed by atoms with Crippen molar-refractivity contribution in [1.29, 1.82) is 0 Å². The van der Waals surface area contributed by atoms with Gasteiger partial charge in [-0.1, -0.05) is 6.07 Å². The molecule has 7 rings (SSSR count). The molecular weight excluding hydrogens is 736 g/mol. The minimum absolute atomic E-state index is 0.00613. The lowest BCUT2D eigenvalue weighted by molar-refractivity contribution is -0.0795. The Balaban J connectivity index is 0.000000194. The molecule has 18 heteroatoms. The lowest BCUT2D eigenvalue weighted by Crippen LogP contribution is -2.38. The minimum Gasteiger partial charge on any atom is -0.485 e. The average molecular weight is 778 g/mol. The molecule has 0 bridgehead atoms. The molecule has 2 aliphatic rings. The van der Waals surface area contributed by atoms with Gasteiger partial charge >= 0.3 is 5.97 Å². The molecule has 1 amide bonds. The first-order valence-corrected chi connectivity index (χ1v) is 17.8. The molecule has 296 valence electrons. The van der Waals surface area contributed by atoms with E-state index in [9.17, 15) is 18.4 Å². The number of benzene rings is 1. The van der Waals surface area contributed by atoms with E-state index in [1.54, 1.807) is 56.3 Å². The summed E-state index contributed by atoms with van der Waals surface area (Å²) in [5, 5.41) is 10.6. The molecule has 0 atom stereocenters. The number of ether oxygens (including phenoxy) is 7. The molecule has 5 aromatic rings. The molecule has 1 N–H and O–H groups in total. The number of hydrogen-bond acceptors (Lipinski definition) is 13. The number of amides is 1. The van der Waals surface area contributed by atoms with Gasteiger partial charge in [0.1, 0.15) is 41.0 Å². The van der Waals surface area contributed by atoms with E-state index in [2.05, 4.69) is 25.5 Å². The van der Waals surface area contributed by atoms with Crippen LogP contribution in [0, 0.1) is 11.6 Å². The third kappa shape index (κ3) is 9.20. The minimum atomic E-state index is -0.876. The third-order valence-electron chi connectivity index (χ3n) is 8.30. The van der Waals surface area contributed by atoms with Crippen molar-refractivity contribution in [2.24, 2.45) is 14.1 Å². The van der Waals surface area contributed by atoms with E-state index in [-0.39, 0.29) is 23.6 Å². The second-order valence-corrected chi connectivity index (χ2v) is 12.3. The van der Waals surface area contributed by atoms with Gasteiger partial charge in [-0.3, -0.25) is 14.2 Å². The summed E-state index contributed by atoms with van der Waals surface area (Å²) in [6.07, 6.45) is 3.12. The Labute approximate surface area is 320 Å². The van der Waals surface area contributed by atoms with Gasteiger partial charge in [0.2, 0.25) is 11.8 Å². The highest BCUT2D eigenvalue weighted by Gasteiger charge is 2.26. The maximum atomic E-state index is 13.9. The number of rotatable bonds is 14. The Morgan fingerprint density at radius 3 is 1.68 bits per heavy atom.